The van der Waals surface area contributed by atoms with Crippen LogP contribution in [0.25, 0.3) is 11.0 Å². The van der Waals surface area contributed by atoms with Crippen molar-refractivity contribution in [1.82, 2.24) is 19.9 Å². The zero-order chi connectivity index (χ0) is 20.4. The second-order valence-corrected chi connectivity index (χ2v) is 7.66. The number of hydrogen-bond acceptors (Lipinski definition) is 5. The molecule has 0 saturated heterocycles. The number of halogens is 1. The molecule has 0 radical (unpaired) electrons. The molecule has 1 amide bonds. The summed E-state index contributed by atoms with van der Waals surface area (Å²) in [6, 6.07) is 6.90. The molecule has 1 aliphatic rings. The highest BCUT2D eigenvalue weighted by molar-refractivity contribution is 6.35. The van der Waals surface area contributed by atoms with Crippen LogP contribution in [0.1, 0.15) is 47.3 Å². The van der Waals surface area contributed by atoms with Crippen molar-refractivity contribution < 1.29 is 9.90 Å². The molecule has 7 nitrogen and oxygen atoms in total. The van der Waals surface area contributed by atoms with Gasteiger partial charge in [0, 0.05) is 25.1 Å². The number of aromatic nitrogens is 3. The third-order valence-corrected chi connectivity index (χ3v) is 5.59. The Labute approximate surface area is 173 Å². The van der Waals surface area contributed by atoms with Crippen LogP contribution in [0.5, 0.6) is 0 Å². The maximum atomic E-state index is 13.0. The first kappa shape index (κ1) is 19.4. The fraction of sp³-hybridized carbons (Fsp3) is 0.333. The molecule has 8 heteroatoms. The summed E-state index contributed by atoms with van der Waals surface area (Å²) in [6.07, 6.45) is 7.83. The van der Waals surface area contributed by atoms with Gasteiger partial charge in [-0.1, -0.05) is 30.5 Å². The van der Waals surface area contributed by atoms with E-state index in [2.05, 4.69) is 15.3 Å². The Bertz CT molecular complexity index is 1090. The molecule has 3 aromatic heterocycles. The van der Waals surface area contributed by atoms with E-state index in [1.165, 1.54) is 0 Å². The van der Waals surface area contributed by atoms with Crippen LogP contribution in [0.4, 0.5) is 0 Å². The number of amides is 1. The molecule has 0 spiro atoms. The fourth-order valence-corrected chi connectivity index (χ4v) is 4.03. The standard InChI is InChI=1S/C21H20ClN5O2/c22-16-7-8-24-19-15(21(29)26-17-3-1-2-4-18(17)28)12-27(20(16)19)11-13-5-6-14(9-23)25-10-13/h5-8,10,12,17-18,28H,1-4,11H2,(H,26,29)/t17-,18-/m0/s1. The van der Waals surface area contributed by atoms with Crippen LogP contribution in [0.2, 0.25) is 5.02 Å². The van der Waals surface area contributed by atoms with Gasteiger partial charge in [0.05, 0.1) is 28.2 Å². The van der Waals surface area contributed by atoms with E-state index in [4.69, 9.17) is 16.9 Å². The highest BCUT2D eigenvalue weighted by Crippen LogP contribution is 2.28. The average Bonchev–Trinajstić information content (AvgIpc) is 3.10. The van der Waals surface area contributed by atoms with Gasteiger partial charge in [-0.2, -0.15) is 5.26 Å². The lowest BCUT2D eigenvalue weighted by molar-refractivity contribution is 0.0718. The summed E-state index contributed by atoms with van der Waals surface area (Å²) >= 11 is 6.42. The van der Waals surface area contributed by atoms with Crippen molar-refractivity contribution in [2.45, 2.75) is 44.4 Å². The van der Waals surface area contributed by atoms with Crippen LogP contribution < -0.4 is 5.32 Å². The summed E-state index contributed by atoms with van der Waals surface area (Å²) in [5, 5.41) is 22.5. The van der Waals surface area contributed by atoms with E-state index in [9.17, 15) is 9.90 Å². The first-order chi connectivity index (χ1) is 14.1. The summed E-state index contributed by atoms with van der Waals surface area (Å²) in [5.74, 6) is -0.271. The second kappa shape index (κ2) is 8.19. The van der Waals surface area contributed by atoms with Crippen LogP contribution in [0, 0.1) is 11.3 Å². The Morgan fingerprint density at radius 2 is 2.14 bits per heavy atom. The molecule has 29 heavy (non-hydrogen) atoms. The normalized spacial score (nSPS) is 19.1. The van der Waals surface area contributed by atoms with Gasteiger partial charge in [0.15, 0.2) is 0 Å². The molecule has 1 fully saturated rings. The van der Waals surface area contributed by atoms with Gasteiger partial charge in [0.25, 0.3) is 5.91 Å². The minimum Gasteiger partial charge on any atom is -0.391 e. The molecule has 1 aliphatic carbocycles. The molecule has 0 unspecified atom stereocenters. The van der Waals surface area contributed by atoms with Gasteiger partial charge in [0.2, 0.25) is 0 Å². The van der Waals surface area contributed by atoms with Crippen LogP contribution in [0.3, 0.4) is 0 Å². The lowest BCUT2D eigenvalue weighted by Gasteiger charge is -2.28. The zero-order valence-corrected chi connectivity index (χ0v) is 16.4. The fourth-order valence-electron chi connectivity index (χ4n) is 3.78. The zero-order valence-electron chi connectivity index (χ0n) is 15.7. The molecule has 4 rings (SSSR count). The van der Waals surface area contributed by atoms with Gasteiger partial charge < -0.3 is 15.0 Å². The number of pyridine rings is 2. The molecule has 0 aromatic carbocycles. The van der Waals surface area contributed by atoms with E-state index in [1.54, 1.807) is 30.7 Å². The number of fused-ring (bicyclic) bond motifs is 1. The monoisotopic (exact) mass is 409 g/mol. The van der Waals surface area contributed by atoms with E-state index < -0.39 is 6.10 Å². The van der Waals surface area contributed by atoms with Gasteiger partial charge in [-0.15, -0.1) is 0 Å². The number of carbonyl (C=O) groups is 1. The quantitative estimate of drug-likeness (QED) is 0.689. The van der Waals surface area contributed by atoms with Gasteiger partial charge in [-0.05, 0) is 30.5 Å². The third-order valence-electron chi connectivity index (χ3n) is 5.29. The third kappa shape index (κ3) is 3.95. The largest absolute Gasteiger partial charge is 0.391 e. The smallest absolute Gasteiger partial charge is 0.255 e. The SMILES string of the molecule is N#Cc1ccc(Cn2cc(C(=O)N[C@H]3CCCC[C@@H]3O)c3nccc(Cl)c32)cn1. The molecular weight excluding hydrogens is 390 g/mol. The van der Waals surface area contributed by atoms with E-state index >= 15 is 0 Å². The number of aliphatic hydroxyl groups is 1. The maximum Gasteiger partial charge on any atom is 0.255 e. The minimum absolute atomic E-state index is 0.253. The Balaban J connectivity index is 1.67. The molecule has 0 bridgehead atoms. The number of nitrogens with zero attached hydrogens (tertiary/aromatic N) is 4. The van der Waals surface area contributed by atoms with Crippen molar-refractivity contribution in [1.29, 1.82) is 5.26 Å². The minimum atomic E-state index is -0.526. The van der Waals surface area contributed by atoms with E-state index in [0.29, 0.717) is 40.3 Å². The number of nitrogens with one attached hydrogen (secondary N) is 1. The van der Waals surface area contributed by atoms with Crippen LogP contribution in [-0.2, 0) is 6.54 Å². The lowest BCUT2D eigenvalue weighted by atomic mass is 9.92. The number of rotatable bonds is 4. The number of hydrogen-bond donors (Lipinski definition) is 2. The molecular formula is C21H20ClN5O2. The first-order valence-corrected chi connectivity index (χ1v) is 9.92. The predicted molar refractivity (Wildman–Crippen MR) is 109 cm³/mol. The first-order valence-electron chi connectivity index (χ1n) is 9.54. The van der Waals surface area contributed by atoms with Crippen LogP contribution in [-0.4, -0.2) is 37.7 Å². The van der Waals surface area contributed by atoms with Gasteiger partial charge in [-0.25, -0.2) is 4.98 Å². The summed E-state index contributed by atoms with van der Waals surface area (Å²) in [5.41, 5.74) is 2.81. The average molecular weight is 410 g/mol. The highest BCUT2D eigenvalue weighted by atomic mass is 35.5. The van der Waals surface area contributed by atoms with Crippen molar-refractivity contribution in [3.63, 3.8) is 0 Å². The van der Waals surface area contributed by atoms with E-state index in [-0.39, 0.29) is 11.9 Å². The van der Waals surface area contributed by atoms with Crippen molar-refractivity contribution >= 4 is 28.5 Å². The molecule has 3 aromatic rings. The summed E-state index contributed by atoms with van der Waals surface area (Å²) in [6.45, 7) is 0.431. The van der Waals surface area contributed by atoms with Crippen molar-refractivity contribution in [2.24, 2.45) is 0 Å². The Morgan fingerprint density at radius 1 is 1.31 bits per heavy atom. The number of aliphatic hydroxyl groups excluding tert-OH is 1. The van der Waals surface area contributed by atoms with Crippen molar-refractivity contribution in [3.05, 3.63) is 58.6 Å². The van der Waals surface area contributed by atoms with Gasteiger partial charge in [-0.3, -0.25) is 9.78 Å². The second-order valence-electron chi connectivity index (χ2n) is 7.26. The predicted octanol–water partition coefficient (Wildman–Crippen LogP) is 3.04. The Kier molecular flexibility index (Phi) is 5.47. The number of carbonyl (C=O) groups excluding carboxylic acids is 1. The topological polar surface area (TPSA) is 104 Å². The summed E-state index contributed by atoms with van der Waals surface area (Å²) < 4.78 is 1.86. The maximum absolute atomic E-state index is 13.0. The van der Waals surface area contributed by atoms with Crippen LogP contribution in [0.15, 0.2) is 36.8 Å². The van der Waals surface area contributed by atoms with Crippen molar-refractivity contribution in [3.8, 4) is 6.07 Å². The number of nitriles is 1. The molecule has 148 valence electrons. The lowest BCUT2D eigenvalue weighted by Crippen LogP contribution is -2.45. The molecule has 2 N–H and O–H groups in total. The van der Waals surface area contributed by atoms with E-state index in [1.807, 2.05) is 16.7 Å². The van der Waals surface area contributed by atoms with Crippen molar-refractivity contribution in [2.75, 3.05) is 0 Å². The summed E-state index contributed by atoms with van der Waals surface area (Å²) in [4.78, 5) is 21.4. The van der Waals surface area contributed by atoms with Gasteiger partial charge in [0.1, 0.15) is 17.3 Å². The molecule has 1 saturated carbocycles. The molecule has 3 heterocycles. The Hall–Kier alpha value is -2.95. The van der Waals surface area contributed by atoms with Gasteiger partial charge >= 0.3 is 0 Å². The van der Waals surface area contributed by atoms with E-state index in [0.717, 1.165) is 24.8 Å². The Morgan fingerprint density at radius 3 is 2.86 bits per heavy atom. The highest BCUT2D eigenvalue weighted by Gasteiger charge is 2.27. The summed E-state index contributed by atoms with van der Waals surface area (Å²) in [7, 11) is 0. The molecule has 0 aliphatic heterocycles. The molecule has 2 atom stereocenters. The van der Waals surface area contributed by atoms with Crippen LogP contribution >= 0.6 is 11.6 Å².